The molecule has 2 aliphatic carbocycles. The van der Waals surface area contributed by atoms with E-state index in [1.165, 1.54) is 35.1 Å². The molecule has 3 heterocycles. The molecule has 50 heavy (non-hydrogen) atoms. The first-order valence-corrected chi connectivity index (χ1v) is 18.0. The van der Waals surface area contributed by atoms with E-state index in [0.29, 0.717) is 24.8 Å². The molecule has 0 unspecified atom stereocenters. The second kappa shape index (κ2) is 15.4. The van der Waals surface area contributed by atoms with Gasteiger partial charge in [-0.1, -0.05) is 42.5 Å². The van der Waals surface area contributed by atoms with Gasteiger partial charge in [0.1, 0.15) is 5.82 Å². The maximum atomic E-state index is 13.3. The normalized spacial score (nSPS) is 21.9. The number of carbonyl (C=O) groups excluding carboxylic acids is 1. The average Bonchev–Trinajstić information content (AvgIpc) is 3.79. The van der Waals surface area contributed by atoms with Crippen molar-refractivity contribution in [2.24, 2.45) is 7.05 Å². The van der Waals surface area contributed by atoms with Gasteiger partial charge >= 0.3 is 0 Å². The molecule has 1 aliphatic heterocycles. The maximum absolute atomic E-state index is 13.3. The first-order chi connectivity index (χ1) is 24.3. The van der Waals surface area contributed by atoms with Gasteiger partial charge in [-0.3, -0.25) is 19.3 Å². The lowest BCUT2D eigenvalue weighted by Gasteiger charge is -2.42. The number of ether oxygens (including phenoxy) is 1. The predicted molar refractivity (Wildman–Crippen MR) is 193 cm³/mol. The third kappa shape index (κ3) is 7.77. The van der Waals surface area contributed by atoms with Gasteiger partial charge in [-0.15, -0.1) is 0 Å². The van der Waals surface area contributed by atoms with E-state index < -0.39 is 6.10 Å². The van der Waals surface area contributed by atoms with Gasteiger partial charge in [0.2, 0.25) is 0 Å². The molecule has 0 bridgehead atoms. The summed E-state index contributed by atoms with van der Waals surface area (Å²) in [6, 6.07) is 17.7. The van der Waals surface area contributed by atoms with Crippen molar-refractivity contribution in [1.82, 2.24) is 29.9 Å². The summed E-state index contributed by atoms with van der Waals surface area (Å²) in [5, 5.41) is 26.4. The molecule has 5 N–H and O–H groups in total. The van der Waals surface area contributed by atoms with Crippen LogP contribution in [0.2, 0.25) is 0 Å². The number of hydrogen-bond donors (Lipinski definition) is 4. The Labute approximate surface area is 294 Å². The van der Waals surface area contributed by atoms with Crippen LogP contribution >= 0.6 is 0 Å². The molecule has 2 aromatic heterocycles. The van der Waals surface area contributed by atoms with Crippen LogP contribution in [-0.2, 0) is 24.8 Å². The lowest BCUT2D eigenvalue weighted by atomic mass is 9.84. The zero-order chi connectivity index (χ0) is 34.6. The quantitative estimate of drug-likeness (QED) is 0.186. The number of rotatable bonds is 11. The lowest BCUT2D eigenvalue weighted by Crippen LogP contribution is -2.50. The van der Waals surface area contributed by atoms with Crippen LogP contribution in [0.5, 0.6) is 0 Å². The molecule has 3 aliphatic rings. The van der Waals surface area contributed by atoms with Gasteiger partial charge in [-0.25, -0.2) is 4.98 Å². The molecule has 1 amide bonds. The van der Waals surface area contributed by atoms with Crippen LogP contribution in [0.15, 0.2) is 67.1 Å². The standard InChI is InChI=1S/C39H49N7O4/c1-44-22-31(21-42-44)30-19-34(38(40)41-20-30)39(49)43-35-5-3-7-37(35)50-25-26-8-10-27(11-9-26)28-12-13-33-29(18-28)4-2-6-36(33)46-16-14-45(15-17-46)23-32(48)24-47/h8-13,18-22,32,35-37,47-48H,2-7,14-17,23-25H2,1H3,(H2,40,41)(H,43,49)/t32-,35-,36-,37-/m0/s1. The number of amides is 1. The molecule has 2 fully saturated rings. The number of aliphatic hydroxyl groups excluding tert-OH is 2. The van der Waals surface area contributed by atoms with Crippen LogP contribution in [-0.4, -0.2) is 98.3 Å². The number of β-amino-alcohol motifs (C(OH)–C–C–N with tert-alkyl or cyclic N) is 1. The Morgan fingerprint density at radius 3 is 2.54 bits per heavy atom. The molecule has 2 aromatic carbocycles. The Balaban J connectivity index is 0.939. The summed E-state index contributed by atoms with van der Waals surface area (Å²) < 4.78 is 8.09. The van der Waals surface area contributed by atoms with Crippen molar-refractivity contribution in [3.05, 3.63) is 89.4 Å². The Hall–Kier alpha value is -4.13. The lowest BCUT2D eigenvalue weighted by molar-refractivity contribution is 0.0272. The molecule has 264 valence electrons. The molecular weight excluding hydrogens is 630 g/mol. The van der Waals surface area contributed by atoms with E-state index >= 15 is 0 Å². The van der Waals surface area contributed by atoms with Crippen LogP contribution < -0.4 is 11.1 Å². The Morgan fingerprint density at radius 1 is 0.980 bits per heavy atom. The predicted octanol–water partition coefficient (Wildman–Crippen LogP) is 3.95. The number of hydrogen-bond acceptors (Lipinski definition) is 9. The van der Waals surface area contributed by atoms with E-state index in [1.807, 2.05) is 13.2 Å². The van der Waals surface area contributed by atoms with Crippen LogP contribution in [0.1, 0.15) is 65.2 Å². The molecule has 4 atom stereocenters. The number of aliphatic hydroxyl groups is 2. The number of nitrogens with two attached hydrogens (primary N) is 1. The van der Waals surface area contributed by atoms with Gasteiger partial charge in [0, 0.05) is 69.3 Å². The smallest absolute Gasteiger partial charge is 0.255 e. The minimum atomic E-state index is -0.664. The van der Waals surface area contributed by atoms with Crippen molar-refractivity contribution >= 4 is 11.7 Å². The number of carbonyl (C=O) groups is 1. The molecule has 11 heteroatoms. The Morgan fingerprint density at radius 2 is 1.78 bits per heavy atom. The summed E-state index contributed by atoms with van der Waals surface area (Å²) in [7, 11) is 1.85. The van der Waals surface area contributed by atoms with Gasteiger partial charge in [0.05, 0.1) is 43.2 Å². The summed E-state index contributed by atoms with van der Waals surface area (Å²) in [5.74, 6) is -0.0320. The van der Waals surface area contributed by atoms with Gasteiger partial charge in [0.15, 0.2) is 0 Å². The van der Waals surface area contributed by atoms with E-state index in [0.717, 1.165) is 68.6 Å². The van der Waals surface area contributed by atoms with Crippen molar-refractivity contribution in [3.8, 4) is 22.3 Å². The van der Waals surface area contributed by atoms with Gasteiger partial charge in [-0.05, 0) is 72.4 Å². The van der Waals surface area contributed by atoms with Gasteiger partial charge in [-0.2, -0.15) is 5.10 Å². The summed E-state index contributed by atoms with van der Waals surface area (Å²) in [6.07, 6.45) is 10.8. The highest BCUT2D eigenvalue weighted by Gasteiger charge is 2.31. The largest absolute Gasteiger partial charge is 0.394 e. The molecular formula is C39H49N7O4. The van der Waals surface area contributed by atoms with Crippen molar-refractivity contribution < 1.29 is 19.7 Å². The summed E-state index contributed by atoms with van der Waals surface area (Å²) >= 11 is 0. The number of benzene rings is 2. The molecule has 1 saturated carbocycles. The average molecular weight is 680 g/mol. The zero-order valence-corrected chi connectivity index (χ0v) is 28.9. The van der Waals surface area contributed by atoms with Crippen LogP contribution in [0.4, 0.5) is 5.82 Å². The van der Waals surface area contributed by atoms with Gasteiger partial charge < -0.3 is 26.0 Å². The third-order valence-corrected chi connectivity index (χ3v) is 10.7. The zero-order valence-electron chi connectivity index (χ0n) is 28.9. The minimum Gasteiger partial charge on any atom is -0.394 e. The fraction of sp³-hybridized carbons (Fsp3) is 0.462. The maximum Gasteiger partial charge on any atom is 0.255 e. The number of fused-ring (bicyclic) bond motifs is 1. The number of anilines is 1. The number of nitrogens with zero attached hydrogens (tertiary/aromatic N) is 5. The highest BCUT2D eigenvalue weighted by molar-refractivity contribution is 5.99. The highest BCUT2D eigenvalue weighted by atomic mass is 16.5. The molecule has 7 rings (SSSR count). The number of nitrogens with one attached hydrogen (secondary N) is 1. The number of nitrogen functional groups attached to an aromatic ring is 1. The molecule has 0 radical (unpaired) electrons. The molecule has 4 aromatic rings. The molecule has 1 saturated heterocycles. The van der Waals surface area contributed by atoms with E-state index in [2.05, 4.69) is 67.7 Å². The Bertz CT molecular complexity index is 1770. The molecule has 0 spiro atoms. The highest BCUT2D eigenvalue weighted by Crippen LogP contribution is 2.37. The summed E-state index contributed by atoms with van der Waals surface area (Å²) in [5.41, 5.74) is 14.6. The first-order valence-electron chi connectivity index (χ1n) is 18.0. The van der Waals surface area contributed by atoms with Gasteiger partial charge in [0.25, 0.3) is 5.91 Å². The van der Waals surface area contributed by atoms with Crippen molar-refractivity contribution in [2.45, 2.75) is 69.4 Å². The summed E-state index contributed by atoms with van der Waals surface area (Å²) in [6.45, 7) is 4.63. The molecule has 11 nitrogen and oxygen atoms in total. The van der Waals surface area contributed by atoms with Crippen LogP contribution in [0.3, 0.4) is 0 Å². The topological polar surface area (TPSA) is 142 Å². The van der Waals surface area contributed by atoms with Crippen molar-refractivity contribution in [1.29, 1.82) is 0 Å². The fourth-order valence-electron chi connectivity index (χ4n) is 7.88. The van der Waals surface area contributed by atoms with E-state index in [1.54, 1.807) is 23.1 Å². The number of aryl methyl sites for hydroxylation is 2. The SMILES string of the molecule is Cn1cc(-c2cnc(N)c(C(=O)N[C@H]3CCC[C@@H]3OCc3ccc(-c4ccc5c(c4)CCC[C@@H]5N4CCN(C[C@H](O)CO)CC4)cc3)c2)cn1. The third-order valence-electron chi connectivity index (χ3n) is 10.7. The second-order valence-electron chi connectivity index (χ2n) is 14.1. The fourth-order valence-corrected chi connectivity index (χ4v) is 7.88. The number of aromatic nitrogens is 3. The minimum absolute atomic E-state index is 0.0713. The van der Waals surface area contributed by atoms with E-state index in [-0.39, 0.29) is 30.5 Å². The second-order valence-corrected chi connectivity index (χ2v) is 14.1. The Kier molecular flexibility index (Phi) is 10.6. The monoisotopic (exact) mass is 679 g/mol. The van der Waals surface area contributed by atoms with E-state index in [4.69, 9.17) is 10.5 Å². The van der Waals surface area contributed by atoms with Crippen LogP contribution in [0, 0.1) is 0 Å². The number of piperazine rings is 1. The first kappa shape index (κ1) is 34.3. The summed E-state index contributed by atoms with van der Waals surface area (Å²) in [4.78, 5) is 22.4. The van der Waals surface area contributed by atoms with E-state index in [9.17, 15) is 15.0 Å². The number of pyridine rings is 1. The van der Waals surface area contributed by atoms with Crippen molar-refractivity contribution in [3.63, 3.8) is 0 Å². The van der Waals surface area contributed by atoms with Crippen LogP contribution in [0.25, 0.3) is 22.3 Å². The van der Waals surface area contributed by atoms with Crippen molar-refractivity contribution in [2.75, 3.05) is 45.1 Å².